The lowest BCUT2D eigenvalue weighted by molar-refractivity contribution is -0.146. The predicted molar refractivity (Wildman–Crippen MR) is 73.6 cm³/mol. The molecule has 0 amide bonds. The van der Waals surface area contributed by atoms with E-state index < -0.39 is 11.5 Å². The normalized spacial score (nSPS) is 13.4. The summed E-state index contributed by atoms with van der Waals surface area (Å²) in [6, 6.07) is 5.13. The summed E-state index contributed by atoms with van der Waals surface area (Å²) >= 11 is 0. The average Bonchev–Trinajstić information content (AvgIpc) is 2.46. The number of ether oxygens (including phenoxy) is 3. The summed E-state index contributed by atoms with van der Waals surface area (Å²) in [5.41, 5.74) is 5.47. The van der Waals surface area contributed by atoms with Crippen LogP contribution in [0.25, 0.3) is 0 Å². The van der Waals surface area contributed by atoms with E-state index in [4.69, 9.17) is 20.3 Å². The lowest BCUT2D eigenvalue weighted by Gasteiger charge is -2.21. The predicted octanol–water partition coefficient (Wildman–Crippen LogP) is 0.847. The first-order valence-electron chi connectivity index (χ1n) is 6.22. The van der Waals surface area contributed by atoms with Crippen LogP contribution in [-0.4, -0.2) is 37.4 Å². The maximum absolute atomic E-state index is 11.4. The Labute approximate surface area is 118 Å². The van der Waals surface area contributed by atoms with Crippen LogP contribution in [-0.2, 0) is 16.1 Å². The maximum atomic E-state index is 11.4. The highest BCUT2D eigenvalue weighted by atomic mass is 16.5. The quantitative estimate of drug-likeness (QED) is 0.721. The van der Waals surface area contributed by atoms with E-state index in [1.54, 1.807) is 25.1 Å². The van der Waals surface area contributed by atoms with Gasteiger partial charge in [0.25, 0.3) is 0 Å². The number of nitrogens with two attached hydrogens (primary N) is 1. The van der Waals surface area contributed by atoms with E-state index in [9.17, 15) is 4.79 Å². The van der Waals surface area contributed by atoms with Gasteiger partial charge in [0.2, 0.25) is 0 Å². The summed E-state index contributed by atoms with van der Waals surface area (Å²) in [6.45, 7) is 1.77. The molecule has 0 radical (unpaired) electrons. The Kier molecular flexibility index (Phi) is 5.79. The molecule has 6 nitrogen and oxygen atoms in total. The van der Waals surface area contributed by atoms with Crippen molar-refractivity contribution in [3.63, 3.8) is 0 Å². The van der Waals surface area contributed by atoms with Gasteiger partial charge in [0.1, 0.15) is 5.54 Å². The van der Waals surface area contributed by atoms with Gasteiger partial charge in [0.05, 0.1) is 27.4 Å². The van der Waals surface area contributed by atoms with Gasteiger partial charge in [-0.15, -0.1) is 0 Å². The van der Waals surface area contributed by atoms with E-state index in [0.29, 0.717) is 17.9 Å². The molecule has 0 spiro atoms. The Balaban J connectivity index is 2.64. The van der Waals surface area contributed by atoms with Crippen LogP contribution < -0.4 is 15.2 Å². The first kappa shape index (κ1) is 16.3. The Bertz CT molecular complexity index is 459. The van der Waals surface area contributed by atoms with Gasteiger partial charge in [-0.25, -0.2) is 0 Å². The van der Waals surface area contributed by atoms with Crippen molar-refractivity contribution in [3.8, 4) is 11.5 Å². The monoisotopic (exact) mass is 283 g/mol. The number of methoxy groups -OCH3 is 2. The van der Waals surface area contributed by atoms with Crippen LogP contribution >= 0.6 is 0 Å². The molecule has 0 bridgehead atoms. The zero-order valence-corrected chi connectivity index (χ0v) is 12.0. The molecule has 1 aromatic rings. The number of hydrogen-bond acceptors (Lipinski definition) is 6. The van der Waals surface area contributed by atoms with Gasteiger partial charge in [-0.05, 0) is 24.6 Å². The standard InChI is InChI=1S/C14H21NO5/c1-14(15,13(17)19-3)6-7-20-11-5-4-10(9-16)8-12(11)18-2/h4-5,8,16H,6-7,9,15H2,1-3H3. The van der Waals surface area contributed by atoms with Crippen LogP contribution in [0.3, 0.4) is 0 Å². The molecule has 112 valence electrons. The third kappa shape index (κ3) is 4.11. The van der Waals surface area contributed by atoms with E-state index in [0.717, 1.165) is 5.56 Å². The molecule has 0 aliphatic rings. The van der Waals surface area contributed by atoms with E-state index >= 15 is 0 Å². The molecule has 1 aromatic carbocycles. The maximum Gasteiger partial charge on any atom is 0.325 e. The third-order valence-electron chi connectivity index (χ3n) is 2.94. The van der Waals surface area contributed by atoms with Crippen LogP contribution in [0.1, 0.15) is 18.9 Å². The zero-order chi connectivity index (χ0) is 15.2. The molecular weight excluding hydrogens is 262 g/mol. The average molecular weight is 283 g/mol. The second kappa shape index (κ2) is 7.12. The SMILES string of the molecule is COC(=O)C(C)(N)CCOc1ccc(CO)cc1OC. The number of hydrogen-bond donors (Lipinski definition) is 2. The van der Waals surface area contributed by atoms with E-state index in [2.05, 4.69) is 4.74 Å². The molecule has 1 unspecified atom stereocenters. The van der Waals surface area contributed by atoms with Crippen molar-refractivity contribution in [2.24, 2.45) is 5.73 Å². The van der Waals surface area contributed by atoms with Crippen molar-refractivity contribution in [1.82, 2.24) is 0 Å². The fourth-order valence-electron chi connectivity index (χ4n) is 1.64. The molecule has 20 heavy (non-hydrogen) atoms. The van der Waals surface area contributed by atoms with Crippen molar-refractivity contribution in [2.45, 2.75) is 25.5 Å². The molecule has 0 saturated carbocycles. The number of rotatable bonds is 7. The summed E-state index contributed by atoms with van der Waals surface area (Å²) in [5.74, 6) is 0.572. The summed E-state index contributed by atoms with van der Waals surface area (Å²) in [5, 5.41) is 9.06. The Morgan fingerprint density at radius 2 is 2.05 bits per heavy atom. The summed E-state index contributed by atoms with van der Waals surface area (Å²) in [4.78, 5) is 11.4. The van der Waals surface area contributed by atoms with Crippen LogP contribution in [0, 0.1) is 0 Å². The van der Waals surface area contributed by atoms with Crippen molar-refractivity contribution in [3.05, 3.63) is 23.8 Å². The number of carbonyl (C=O) groups is 1. The topological polar surface area (TPSA) is 91.0 Å². The zero-order valence-electron chi connectivity index (χ0n) is 12.0. The van der Waals surface area contributed by atoms with Crippen LogP contribution in [0.2, 0.25) is 0 Å². The lowest BCUT2D eigenvalue weighted by atomic mass is 10.0. The summed E-state index contributed by atoms with van der Waals surface area (Å²) in [7, 11) is 2.82. The molecule has 0 aliphatic heterocycles. The largest absolute Gasteiger partial charge is 0.493 e. The van der Waals surface area contributed by atoms with E-state index in [1.807, 2.05) is 0 Å². The Morgan fingerprint density at radius 3 is 2.60 bits per heavy atom. The first-order valence-corrected chi connectivity index (χ1v) is 6.22. The van der Waals surface area contributed by atoms with Crippen LogP contribution in [0.4, 0.5) is 0 Å². The number of carbonyl (C=O) groups excluding carboxylic acids is 1. The number of benzene rings is 1. The van der Waals surface area contributed by atoms with Gasteiger partial charge < -0.3 is 25.1 Å². The van der Waals surface area contributed by atoms with Gasteiger partial charge in [-0.1, -0.05) is 6.07 Å². The lowest BCUT2D eigenvalue weighted by Crippen LogP contribution is -2.46. The molecule has 6 heteroatoms. The summed E-state index contributed by atoms with van der Waals surface area (Å²) in [6.07, 6.45) is 0.310. The van der Waals surface area contributed by atoms with Crippen LogP contribution in [0.15, 0.2) is 18.2 Å². The molecule has 0 saturated heterocycles. The second-order valence-corrected chi connectivity index (χ2v) is 4.65. The molecule has 1 rings (SSSR count). The highest BCUT2D eigenvalue weighted by Gasteiger charge is 2.29. The highest BCUT2D eigenvalue weighted by Crippen LogP contribution is 2.28. The fourth-order valence-corrected chi connectivity index (χ4v) is 1.64. The van der Waals surface area contributed by atoms with E-state index in [-0.39, 0.29) is 13.2 Å². The van der Waals surface area contributed by atoms with Gasteiger partial charge in [-0.3, -0.25) is 4.79 Å². The second-order valence-electron chi connectivity index (χ2n) is 4.65. The molecule has 0 aromatic heterocycles. The van der Waals surface area contributed by atoms with Gasteiger partial charge in [0, 0.05) is 6.42 Å². The molecule has 0 heterocycles. The smallest absolute Gasteiger partial charge is 0.325 e. The number of aliphatic hydroxyl groups is 1. The summed E-state index contributed by atoms with van der Waals surface area (Å²) < 4.78 is 15.4. The Morgan fingerprint density at radius 1 is 1.35 bits per heavy atom. The number of esters is 1. The van der Waals surface area contributed by atoms with Crippen molar-refractivity contribution in [1.29, 1.82) is 0 Å². The first-order chi connectivity index (χ1) is 9.44. The van der Waals surface area contributed by atoms with Gasteiger partial charge >= 0.3 is 5.97 Å². The number of aliphatic hydroxyl groups excluding tert-OH is 1. The molecule has 0 aliphatic carbocycles. The highest BCUT2D eigenvalue weighted by molar-refractivity contribution is 5.79. The third-order valence-corrected chi connectivity index (χ3v) is 2.94. The Hall–Kier alpha value is -1.79. The van der Waals surface area contributed by atoms with Crippen molar-refractivity contribution in [2.75, 3.05) is 20.8 Å². The van der Waals surface area contributed by atoms with E-state index in [1.165, 1.54) is 14.2 Å². The minimum absolute atomic E-state index is 0.0696. The molecule has 3 N–H and O–H groups in total. The van der Waals surface area contributed by atoms with Gasteiger partial charge in [0.15, 0.2) is 11.5 Å². The molecule has 0 fully saturated rings. The van der Waals surface area contributed by atoms with Crippen LogP contribution in [0.5, 0.6) is 11.5 Å². The minimum Gasteiger partial charge on any atom is -0.493 e. The fraction of sp³-hybridized carbons (Fsp3) is 0.500. The molecular formula is C14H21NO5. The van der Waals surface area contributed by atoms with Crippen molar-refractivity contribution < 1.29 is 24.1 Å². The molecule has 1 atom stereocenters. The minimum atomic E-state index is -1.09. The van der Waals surface area contributed by atoms with Crippen molar-refractivity contribution >= 4 is 5.97 Å². The van der Waals surface area contributed by atoms with Gasteiger partial charge in [-0.2, -0.15) is 0 Å².